The molecule has 0 aliphatic rings. The summed E-state index contributed by atoms with van der Waals surface area (Å²) in [6.07, 6.45) is 3.38. The van der Waals surface area contributed by atoms with Gasteiger partial charge in [-0.05, 0) is 19.1 Å². The quantitative estimate of drug-likeness (QED) is 0.770. The molecule has 98 valence electrons. The summed E-state index contributed by atoms with van der Waals surface area (Å²) in [5, 5.41) is 6.48. The van der Waals surface area contributed by atoms with E-state index in [0.29, 0.717) is 11.4 Å². The molecule has 0 fully saturated rings. The molecule has 5 heteroatoms. The zero-order valence-corrected chi connectivity index (χ0v) is 10.9. The Morgan fingerprint density at radius 1 is 1.00 bits per heavy atom. The summed E-state index contributed by atoms with van der Waals surface area (Å²) in [6.45, 7) is 2.01. The molecular formula is C15H12N4O. The lowest BCUT2D eigenvalue weighted by atomic mass is 10.0. The second-order valence-electron chi connectivity index (χ2n) is 4.45. The van der Waals surface area contributed by atoms with Crippen molar-refractivity contribution in [2.24, 2.45) is 0 Å². The molecule has 0 saturated heterocycles. The van der Waals surface area contributed by atoms with E-state index < -0.39 is 5.69 Å². The number of hydrogen-bond donors (Lipinski definition) is 1. The molecular weight excluding hydrogens is 252 g/mol. The van der Waals surface area contributed by atoms with Gasteiger partial charge in [0.25, 0.3) is 0 Å². The van der Waals surface area contributed by atoms with Gasteiger partial charge in [0.2, 0.25) is 0 Å². The summed E-state index contributed by atoms with van der Waals surface area (Å²) in [5.74, 6) is 0. The van der Waals surface area contributed by atoms with E-state index in [1.165, 1.54) is 0 Å². The van der Waals surface area contributed by atoms with Gasteiger partial charge in [0, 0.05) is 23.5 Å². The average molecular weight is 264 g/mol. The Balaban J connectivity index is 2.22. The van der Waals surface area contributed by atoms with Crippen LogP contribution in [0.15, 0.2) is 53.6 Å². The number of benzene rings is 1. The summed E-state index contributed by atoms with van der Waals surface area (Å²) in [7, 11) is 0. The SMILES string of the molecule is Cc1ccc(-c2nc(=O)[nH]nc2-c2cccnc2)cc1. The standard InChI is InChI=1S/C15H12N4O/c1-10-4-6-11(7-5-10)13-14(18-19-15(20)17-13)12-3-2-8-16-9-12/h2-9H,1H3,(H,17,19,20). The Bertz CT molecular complexity index is 779. The minimum atomic E-state index is -0.465. The van der Waals surface area contributed by atoms with E-state index in [9.17, 15) is 4.79 Å². The monoisotopic (exact) mass is 264 g/mol. The maximum atomic E-state index is 11.5. The highest BCUT2D eigenvalue weighted by molar-refractivity contribution is 5.76. The fourth-order valence-electron chi connectivity index (χ4n) is 1.95. The van der Waals surface area contributed by atoms with Crippen molar-refractivity contribution in [1.29, 1.82) is 0 Å². The van der Waals surface area contributed by atoms with Crippen LogP contribution in [-0.4, -0.2) is 20.2 Å². The molecule has 0 atom stereocenters. The van der Waals surface area contributed by atoms with Gasteiger partial charge in [0.05, 0.1) is 0 Å². The summed E-state index contributed by atoms with van der Waals surface area (Å²) >= 11 is 0. The number of aromatic amines is 1. The molecule has 3 aromatic rings. The van der Waals surface area contributed by atoms with Crippen LogP contribution in [-0.2, 0) is 0 Å². The zero-order valence-electron chi connectivity index (χ0n) is 10.9. The zero-order chi connectivity index (χ0) is 13.9. The Morgan fingerprint density at radius 2 is 1.80 bits per heavy atom. The van der Waals surface area contributed by atoms with Crippen LogP contribution in [0.2, 0.25) is 0 Å². The second kappa shape index (κ2) is 5.05. The Morgan fingerprint density at radius 3 is 2.50 bits per heavy atom. The third-order valence-electron chi connectivity index (χ3n) is 2.96. The van der Waals surface area contributed by atoms with Crippen LogP contribution < -0.4 is 5.69 Å². The van der Waals surface area contributed by atoms with Gasteiger partial charge in [-0.2, -0.15) is 10.1 Å². The first-order chi connectivity index (χ1) is 9.74. The highest BCUT2D eigenvalue weighted by Gasteiger charge is 2.11. The number of H-pyrrole nitrogens is 1. The fourth-order valence-corrected chi connectivity index (χ4v) is 1.95. The van der Waals surface area contributed by atoms with Gasteiger partial charge in [0.1, 0.15) is 11.4 Å². The minimum Gasteiger partial charge on any atom is -0.264 e. The van der Waals surface area contributed by atoms with Crippen molar-refractivity contribution in [2.75, 3.05) is 0 Å². The van der Waals surface area contributed by atoms with Gasteiger partial charge in [-0.1, -0.05) is 29.8 Å². The van der Waals surface area contributed by atoms with Crippen LogP contribution in [0.5, 0.6) is 0 Å². The first-order valence-electron chi connectivity index (χ1n) is 6.18. The van der Waals surface area contributed by atoms with Crippen LogP contribution >= 0.6 is 0 Å². The number of nitrogens with zero attached hydrogens (tertiary/aromatic N) is 3. The number of aryl methyl sites for hydroxylation is 1. The van der Waals surface area contributed by atoms with Crippen molar-refractivity contribution in [2.45, 2.75) is 6.92 Å². The maximum absolute atomic E-state index is 11.5. The van der Waals surface area contributed by atoms with Crippen molar-refractivity contribution in [3.05, 3.63) is 64.8 Å². The van der Waals surface area contributed by atoms with Gasteiger partial charge in [-0.25, -0.2) is 9.89 Å². The Labute approximate surface area is 115 Å². The highest BCUT2D eigenvalue weighted by Crippen LogP contribution is 2.26. The van der Waals surface area contributed by atoms with Gasteiger partial charge in [-0.15, -0.1) is 0 Å². The minimum absolute atomic E-state index is 0.465. The van der Waals surface area contributed by atoms with E-state index in [1.807, 2.05) is 43.3 Å². The van der Waals surface area contributed by atoms with Gasteiger partial charge in [0.15, 0.2) is 0 Å². The summed E-state index contributed by atoms with van der Waals surface area (Å²) < 4.78 is 0. The first-order valence-corrected chi connectivity index (χ1v) is 6.18. The molecule has 0 spiro atoms. The largest absolute Gasteiger partial charge is 0.361 e. The van der Waals surface area contributed by atoms with Crippen LogP contribution in [0.1, 0.15) is 5.56 Å². The van der Waals surface area contributed by atoms with Gasteiger partial charge >= 0.3 is 5.69 Å². The van der Waals surface area contributed by atoms with E-state index in [1.54, 1.807) is 12.4 Å². The van der Waals surface area contributed by atoms with Crippen molar-refractivity contribution in [3.8, 4) is 22.5 Å². The lowest BCUT2D eigenvalue weighted by Gasteiger charge is -2.06. The Kier molecular flexibility index (Phi) is 3.09. The molecule has 0 amide bonds. The molecule has 5 nitrogen and oxygen atoms in total. The van der Waals surface area contributed by atoms with Crippen molar-refractivity contribution in [1.82, 2.24) is 20.2 Å². The van der Waals surface area contributed by atoms with E-state index in [2.05, 4.69) is 20.2 Å². The van der Waals surface area contributed by atoms with E-state index in [0.717, 1.165) is 16.7 Å². The number of hydrogen-bond acceptors (Lipinski definition) is 4. The molecule has 20 heavy (non-hydrogen) atoms. The number of pyridine rings is 1. The third kappa shape index (κ3) is 2.33. The fraction of sp³-hybridized carbons (Fsp3) is 0.0667. The lowest BCUT2D eigenvalue weighted by molar-refractivity contribution is 0.924. The highest BCUT2D eigenvalue weighted by atomic mass is 16.1. The molecule has 0 unspecified atom stereocenters. The predicted molar refractivity (Wildman–Crippen MR) is 76.1 cm³/mol. The van der Waals surface area contributed by atoms with Crippen molar-refractivity contribution in [3.63, 3.8) is 0 Å². The predicted octanol–water partition coefficient (Wildman–Crippen LogP) is 2.20. The van der Waals surface area contributed by atoms with Gasteiger partial charge in [-0.3, -0.25) is 4.98 Å². The number of nitrogens with one attached hydrogen (secondary N) is 1. The third-order valence-corrected chi connectivity index (χ3v) is 2.96. The summed E-state index contributed by atoms with van der Waals surface area (Å²) in [4.78, 5) is 19.6. The number of rotatable bonds is 2. The lowest BCUT2D eigenvalue weighted by Crippen LogP contribution is -2.14. The Hall–Kier alpha value is -2.82. The number of aromatic nitrogens is 4. The first kappa shape index (κ1) is 12.2. The smallest absolute Gasteiger partial charge is 0.264 e. The maximum Gasteiger partial charge on any atom is 0.361 e. The van der Waals surface area contributed by atoms with Crippen LogP contribution in [0, 0.1) is 6.92 Å². The normalized spacial score (nSPS) is 10.4. The molecule has 2 aromatic heterocycles. The molecule has 0 saturated carbocycles. The average Bonchev–Trinajstić information content (AvgIpc) is 2.49. The molecule has 0 aliphatic heterocycles. The molecule has 0 radical (unpaired) electrons. The molecule has 2 heterocycles. The molecule has 1 N–H and O–H groups in total. The van der Waals surface area contributed by atoms with Crippen molar-refractivity contribution < 1.29 is 0 Å². The van der Waals surface area contributed by atoms with E-state index in [4.69, 9.17) is 0 Å². The molecule has 3 rings (SSSR count). The van der Waals surface area contributed by atoms with Crippen LogP contribution in [0.25, 0.3) is 22.5 Å². The van der Waals surface area contributed by atoms with Gasteiger partial charge < -0.3 is 0 Å². The van der Waals surface area contributed by atoms with E-state index >= 15 is 0 Å². The summed E-state index contributed by atoms with van der Waals surface area (Å²) in [5.41, 5.74) is 3.52. The van der Waals surface area contributed by atoms with Crippen LogP contribution in [0.4, 0.5) is 0 Å². The van der Waals surface area contributed by atoms with E-state index in [-0.39, 0.29) is 0 Å². The van der Waals surface area contributed by atoms with Crippen molar-refractivity contribution >= 4 is 0 Å². The topological polar surface area (TPSA) is 71.5 Å². The molecule has 0 aliphatic carbocycles. The molecule has 1 aromatic carbocycles. The van der Waals surface area contributed by atoms with Crippen LogP contribution in [0.3, 0.4) is 0 Å². The summed E-state index contributed by atoms with van der Waals surface area (Å²) in [6, 6.07) is 11.5. The second-order valence-corrected chi connectivity index (χ2v) is 4.45. The molecule has 0 bridgehead atoms.